The Hall–Kier alpha value is -1.43. The average Bonchev–Trinajstić information content (AvgIpc) is 2.14. The summed E-state index contributed by atoms with van der Waals surface area (Å²) >= 11 is 5.19. The van der Waals surface area contributed by atoms with Gasteiger partial charge in [-0.1, -0.05) is 0 Å². The summed E-state index contributed by atoms with van der Waals surface area (Å²) in [5.41, 5.74) is 0.139. The molecule has 0 saturated heterocycles. The number of hydrogen-bond acceptors (Lipinski definition) is 3. The van der Waals surface area contributed by atoms with E-state index in [1.54, 1.807) is 14.1 Å². The maximum atomic E-state index is 12.2. The number of carbonyl (C=O) groups is 1. The molecule has 0 aliphatic heterocycles. The van der Waals surface area contributed by atoms with Gasteiger partial charge in [0.2, 0.25) is 0 Å². The second-order valence-electron chi connectivity index (χ2n) is 3.40. The monoisotopic (exact) mass is 267 g/mol. The molecule has 0 amide bonds. The van der Waals surface area contributed by atoms with Gasteiger partial charge in [0.15, 0.2) is 5.75 Å². The molecule has 0 unspecified atom stereocenters. The highest BCUT2D eigenvalue weighted by molar-refractivity contribution is 6.67. The second-order valence-corrected chi connectivity index (χ2v) is 3.74. The largest absolute Gasteiger partial charge is 0.573 e. The van der Waals surface area contributed by atoms with Gasteiger partial charge in [-0.3, -0.25) is 4.79 Å². The number of nitrogens with zero attached hydrogens (tertiary/aromatic N) is 1. The molecule has 7 heteroatoms. The van der Waals surface area contributed by atoms with Crippen molar-refractivity contribution in [3.63, 3.8) is 0 Å². The van der Waals surface area contributed by atoms with Crippen molar-refractivity contribution in [3.8, 4) is 5.75 Å². The molecule has 1 aromatic carbocycles. The van der Waals surface area contributed by atoms with Gasteiger partial charge in [0.25, 0.3) is 5.24 Å². The smallest absolute Gasteiger partial charge is 0.404 e. The lowest BCUT2D eigenvalue weighted by Gasteiger charge is -2.19. The Labute approximate surface area is 101 Å². The van der Waals surface area contributed by atoms with Crippen LogP contribution in [-0.4, -0.2) is 25.7 Å². The van der Waals surface area contributed by atoms with Crippen LogP contribution in [0.1, 0.15) is 10.4 Å². The maximum absolute atomic E-state index is 12.2. The van der Waals surface area contributed by atoms with Gasteiger partial charge in [-0.05, 0) is 29.8 Å². The number of carbonyl (C=O) groups excluding carboxylic acids is 1. The summed E-state index contributed by atoms with van der Waals surface area (Å²) in [6, 6.07) is 3.61. The summed E-state index contributed by atoms with van der Waals surface area (Å²) in [7, 11) is 3.11. The van der Waals surface area contributed by atoms with Gasteiger partial charge in [-0.15, -0.1) is 13.2 Å². The number of alkyl halides is 3. The molecule has 0 saturated carbocycles. The quantitative estimate of drug-likeness (QED) is 0.789. The molecule has 0 aliphatic carbocycles. The van der Waals surface area contributed by atoms with Crippen LogP contribution in [0.25, 0.3) is 0 Å². The average molecular weight is 268 g/mol. The van der Waals surface area contributed by atoms with E-state index in [9.17, 15) is 18.0 Å². The number of halogens is 4. The highest BCUT2D eigenvalue weighted by atomic mass is 35.5. The van der Waals surface area contributed by atoms with Gasteiger partial charge in [-0.25, -0.2) is 0 Å². The molecule has 0 aromatic heterocycles. The summed E-state index contributed by atoms with van der Waals surface area (Å²) in [5, 5.41) is -0.845. The van der Waals surface area contributed by atoms with E-state index in [1.165, 1.54) is 17.0 Å². The van der Waals surface area contributed by atoms with E-state index in [4.69, 9.17) is 11.6 Å². The van der Waals surface area contributed by atoms with Gasteiger partial charge < -0.3 is 9.64 Å². The molecule has 1 rings (SSSR count). The molecule has 0 atom stereocenters. The van der Waals surface area contributed by atoms with Crippen molar-refractivity contribution in [1.82, 2.24) is 0 Å². The predicted molar refractivity (Wildman–Crippen MR) is 57.6 cm³/mol. The van der Waals surface area contributed by atoms with E-state index in [-0.39, 0.29) is 11.3 Å². The van der Waals surface area contributed by atoms with Crippen LogP contribution >= 0.6 is 11.6 Å². The molecular weight excluding hydrogens is 259 g/mol. The number of rotatable bonds is 3. The lowest BCUT2D eigenvalue weighted by atomic mass is 10.2. The minimum atomic E-state index is -4.82. The van der Waals surface area contributed by atoms with Crippen molar-refractivity contribution in [2.24, 2.45) is 0 Å². The fourth-order valence-corrected chi connectivity index (χ4v) is 1.33. The fourth-order valence-electron chi connectivity index (χ4n) is 1.21. The molecule has 0 spiro atoms. The van der Waals surface area contributed by atoms with E-state index in [1.807, 2.05) is 0 Å². The van der Waals surface area contributed by atoms with Crippen LogP contribution in [0.5, 0.6) is 5.75 Å². The minimum absolute atomic E-state index is 0.0588. The number of anilines is 1. The van der Waals surface area contributed by atoms with Crippen molar-refractivity contribution in [2.75, 3.05) is 19.0 Å². The zero-order chi connectivity index (χ0) is 13.2. The normalized spacial score (nSPS) is 11.2. The van der Waals surface area contributed by atoms with Crippen LogP contribution in [0.4, 0.5) is 18.9 Å². The Bertz CT molecular complexity index is 432. The molecule has 3 nitrogen and oxygen atoms in total. The molecule has 1 aromatic rings. The van der Waals surface area contributed by atoms with E-state index >= 15 is 0 Å². The highest BCUT2D eigenvalue weighted by Crippen LogP contribution is 2.33. The maximum Gasteiger partial charge on any atom is 0.573 e. The standard InChI is InChI=1S/C10H9ClF3NO2/c1-15(2)7-4-3-6(9(11)16)5-8(7)17-10(12,13)14/h3-5H,1-2H3. The molecule has 0 fully saturated rings. The molecule has 0 aliphatic rings. The summed E-state index contributed by atoms with van der Waals surface area (Å²) in [6.45, 7) is 0. The van der Waals surface area contributed by atoms with Gasteiger partial charge in [0.1, 0.15) is 0 Å². The Balaban J connectivity index is 3.21. The van der Waals surface area contributed by atoms with Crippen molar-refractivity contribution < 1.29 is 22.7 Å². The lowest BCUT2D eigenvalue weighted by molar-refractivity contribution is -0.274. The third-order valence-corrected chi connectivity index (χ3v) is 2.11. The number of hydrogen-bond donors (Lipinski definition) is 0. The molecule has 0 bridgehead atoms. The Morgan fingerprint density at radius 2 is 1.94 bits per heavy atom. The molecule has 0 N–H and O–H groups in total. The Kier molecular flexibility index (Phi) is 3.87. The minimum Gasteiger partial charge on any atom is -0.404 e. The Morgan fingerprint density at radius 3 is 2.35 bits per heavy atom. The van der Waals surface area contributed by atoms with Crippen LogP contribution < -0.4 is 9.64 Å². The van der Waals surface area contributed by atoms with Crippen LogP contribution in [0, 0.1) is 0 Å². The number of ether oxygens (including phenoxy) is 1. The van der Waals surface area contributed by atoms with Crippen LogP contribution in [0.15, 0.2) is 18.2 Å². The van der Waals surface area contributed by atoms with Crippen molar-refractivity contribution in [1.29, 1.82) is 0 Å². The topological polar surface area (TPSA) is 29.5 Å². The third kappa shape index (κ3) is 3.81. The first-order chi connectivity index (χ1) is 7.70. The Morgan fingerprint density at radius 1 is 1.35 bits per heavy atom. The highest BCUT2D eigenvalue weighted by Gasteiger charge is 2.32. The summed E-state index contributed by atoms with van der Waals surface area (Å²) in [6.07, 6.45) is -4.82. The van der Waals surface area contributed by atoms with Gasteiger partial charge in [0, 0.05) is 19.7 Å². The van der Waals surface area contributed by atoms with Crippen molar-refractivity contribution in [2.45, 2.75) is 6.36 Å². The first-order valence-electron chi connectivity index (χ1n) is 4.47. The van der Waals surface area contributed by atoms with E-state index in [0.717, 1.165) is 6.07 Å². The molecule has 94 valence electrons. The van der Waals surface area contributed by atoms with Crippen molar-refractivity contribution in [3.05, 3.63) is 23.8 Å². The zero-order valence-electron chi connectivity index (χ0n) is 9.01. The molecule has 17 heavy (non-hydrogen) atoms. The summed E-state index contributed by atoms with van der Waals surface area (Å²) < 4.78 is 40.3. The van der Waals surface area contributed by atoms with Crippen LogP contribution in [-0.2, 0) is 0 Å². The van der Waals surface area contributed by atoms with Crippen molar-refractivity contribution >= 4 is 22.5 Å². The summed E-state index contributed by atoms with van der Waals surface area (Å²) in [5.74, 6) is -0.464. The van der Waals surface area contributed by atoms with Gasteiger partial charge >= 0.3 is 6.36 Å². The predicted octanol–water partition coefficient (Wildman–Crippen LogP) is 3.03. The first kappa shape index (κ1) is 13.6. The SMILES string of the molecule is CN(C)c1ccc(C(=O)Cl)cc1OC(F)(F)F. The fraction of sp³-hybridized carbons (Fsp3) is 0.300. The number of benzene rings is 1. The summed E-state index contributed by atoms with van der Waals surface area (Å²) in [4.78, 5) is 12.3. The van der Waals surface area contributed by atoms with Gasteiger partial charge in [0.05, 0.1) is 5.69 Å². The second kappa shape index (κ2) is 4.83. The van der Waals surface area contributed by atoms with Crippen LogP contribution in [0.2, 0.25) is 0 Å². The first-order valence-corrected chi connectivity index (χ1v) is 4.85. The van der Waals surface area contributed by atoms with E-state index in [0.29, 0.717) is 0 Å². The van der Waals surface area contributed by atoms with Crippen LogP contribution in [0.3, 0.4) is 0 Å². The van der Waals surface area contributed by atoms with Gasteiger partial charge in [-0.2, -0.15) is 0 Å². The molecular formula is C10H9ClF3NO2. The third-order valence-electron chi connectivity index (χ3n) is 1.89. The molecule has 0 radical (unpaired) electrons. The molecule has 0 heterocycles. The van der Waals surface area contributed by atoms with E-state index < -0.39 is 17.4 Å². The lowest BCUT2D eigenvalue weighted by Crippen LogP contribution is -2.20. The zero-order valence-corrected chi connectivity index (χ0v) is 9.76. The van der Waals surface area contributed by atoms with E-state index in [2.05, 4.69) is 4.74 Å².